The van der Waals surface area contributed by atoms with Crippen LogP contribution in [0.1, 0.15) is 44.9 Å². The first kappa shape index (κ1) is 9.04. The van der Waals surface area contributed by atoms with Crippen LogP contribution in [-0.2, 0) is 4.79 Å². The predicted octanol–water partition coefficient (Wildman–Crippen LogP) is 2.68. The number of fused-ring (bicyclic) bond motifs is 1. The van der Waals surface area contributed by atoms with Crippen molar-refractivity contribution in [1.29, 1.82) is 0 Å². The van der Waals surface area contributed by atoms with Gasteiger partial charge in [0.2, 0.25) is 0 Å². The predicted molar refractivity (Wildman–Crippen MR) is 50.4 cm³/mol. The van der Waals surface area contributed by atoms with E-state index >= 15 is 0 Å². The van der Waals surface area contributed by atoms with Gasteiger partial charge in [-0.25, -0.2) is 0 Å². The van der Waals surface area contributed by atoms with Gasteiger partial charge in [-0.3, -0.25) is 4.79 Å². The minimum atomic E-state index is -0.566. The van der Waals surface area contributed by atoms with Crippen LogP contribution in [-0.4, -0.2) is 11.1 Å². The smallest absolute Gasteiger partial charge is 0.306 e. The van der Waals surface area contributed by atoms with E-state index in [2.05, 4.69) is 0 Å². The lowest BCUT2D eigenvalue weighted by Crippen LogP contribution is -2.31. The summed E-state index contributed by atoms with van der Waals surface area (Å²) in [6.07, 6.45) is 8.40. The zero-order valence-corrected chi connectivity index (χ0v) is 8.04. The van der Waals surface area contributed by atoms with Gasteiger partial charge in [-0.1, -0.05) is 25.7 Å². The summed E-state index contributed by atoms with van der Waals surface area (Å²) in [4.78, 5) is 10.8. The van der Waals surface area contributed by atoms with Crippen LogP contribution >= 0.6 is 0 Å². The van der Waals surface area contributed by atoms with Crippen LogP contribution < -0.4 is 0 Å². The molecule has 0 radical (unpaired) electrons. The average Bonchev–Trinajstić information content (AvgIpc) is 2.17. The van der Waals surface area contributed by atoms with Gasteiger partial charge in [-0.15, -0.1) is 0 Å². The molecule has 2 aliphatic carbocycles. The van der Waals surface area contributed by atoms with Gasteiger partial charge in [0.1, 0.15) is 0 Å². The number of rotatable bonds is 1. The van der Waals surface area contributed by atoms with Crippen molar-refractivity contribution in [3.63, 3.8) is 0 Å². The molecule has 2 heteroatoms. The highest BCUT2D eigenvalue weighted by molar-refractivity contribution is 5.70. The highest BCUT2D eigenvalue weighted by Crippen LogP contribution is 2.42. The Kier molecular flexibility index (Phi) is 2.56. The maximum Gasteiger partial charge on any atom is 0.306 e. The lowest BCUT2D eigenvalue weighted by atomic mass is 9.67. The molecule has 0 aromatic rings. The number of hydrogen-bond donors (Lipinski definition) is 1. The van der Waals surface area contributed by atoms with Gasteiger partial charge < -0.3 is 5.11 Å². The molecule has 13 heavy (non-hydrogen) atoms. The first-order chi connectivity index (χ1) is 6.27. The molecule has 0 spiro atoms. The second-order valence-corrected chi connectivity index (χ2v) is 4.65. The van der Waals surface area contributed by atoms with E-state index in [1.165, 1.54) is 32.1 Å². The third-order valence-corrected chi connectivity index (χ3v) is 3.89. The van der Waals surface area contributed by atoms with Crippen molar-refractivity contribution in [3.8, 4) is 0 Å². The largest absolute Gasteiger partial charge is 0.481 e. The van der Waals surface area contributed by atoms with Crippen molar-refractivity contribution in [2.24, 2.45) is 17.8 Å². The Morgan fingerprint density at radius 1 is 1.00 bits per heavy atom. The van der Waals surface area contributed by atoms with Crippen molar-refractivity contribution >= 4 is 5.97 Å². The standard InChI is InChI=1S/C11H18O2/c12-11(13)10-6-5-8-3-1-2-4-9(8)7-10/h8-10H,1-7H2,(H,12,13)/t8-,9-,10-/m0/s1. The van der Waals surface area contributed by atoms with E-state index in [0.29, 0.717) is 0 Å². The van der Waals surface area contributed by atoms with Gasteiger partial charge in [0.15, 0.2) is 0 Å². The van der Waals surface area contributed by atoms with Gasteiger partial charge in [0.25, 0.3) is 0 Å². The molecule has 0 bridgehead atoms. The van der Waals surface area contributed by atoms with E-state index in [-0.39, 0.29) is 5.92 Å². The van der Waals surface area contributed by atoms with Gasteiger partial charge in [-0.05, 0) is 31.1 Å². The van der Waals surface area contributed by atoms with Crippen molar-refractivity contribution < 1.29 is 9.90 Å². The quantitative estimate of drug-likeness (QED) is 0.677. The molecule has 0 aromatic heterocycles. The van der Waals surface area contributed by atoms with Crippen molar-refractivity contribution in [3.05, 3.63) is 0 Å². The van der Waals surface area contributed by atoms with Crippen LogP contribution in [0.15, 0.2) is 0 Å². The maximum absolute atomic E-state index is 10.8. The molecule has 2 fully saturated rings. The summed E-state index contributed by atoms with van der Waals surface area (Å²) in [5, 5.41) is 8.93. The molecule has 2 aliphatic rings. The third-order valence-electron chi connectivity index (χ3n) is 3.89. The maximum atomic E-state index is 10.8. The van der Waals surface area contributed by atoms with Crippen LogP contribution in [0.5, 0.6) is 0 Å². The fourth-order valence-electron chi connectivity index (χ4n) is 3.10. The Morgan fingerprint density at radius 3 is 2.38 bits per heavy atom. The monoisotopic (exact) mass is 182 g/mol. The van der Waals surface area contributed by atoms with E-state index in [1.54, 1.807) is 0 Å². The Balaban J connectivity index is 1.95. The van der Waals surface area contributed by atoms with Crippen molar-refractivity contribution in [2.75, 3.05) is 0 Å². The van der Waals surface area contributed by atoms with Crippen LogP contribution in [0.4, 0.5) is 0 Å². The molecule has 3 atom stereocenters. The lowest BCUT2D eigenvalue weighted by Gasteiger charge is -2.37. The van der Waals surface area contributed by atoms with E-state index in [1.807, 2.05) is 0 Å². The van der Waals surface area contributed by atoms with E-state index in [4.69, 9.17) is 5.11 Å². The SMILES string of the molecule is O=C(O)[C@H]1CC[C@@H]2CCCC[C@H]2C1. The minimum Gasteiger partial charge on any atom is -0.481 e. The molecule has 1 N–H and O–H groups in total. The molecule has 0 unspecified atom stereocenters. The number of carbonyl (C=O) groups is 1. The minimum absolute atomic E-state index is 0.0284. The summed E-state index contributed by atoms with van der Waals surface area (Å²) < 4.78 is 0. The molecular formula is C11H18O2. The fraction of sp³-hybridized carbons (Fsp3) is 0.909. The zero-order valence-electron chi connectivity index (χ0n) is 8.04. The second kappa shape index (κ2) is 3.69. The third kappa shape index (κ3) is 1.87. The lowest BCUT2D eigenvalue weighted by molar-refractivity contribution is -0.144. The molecule has 0 heterocycles. The number of hydrogen-bond acceptors (Lipinski definition) is 1. The van der Waals surface area contributed by atoms with E-state index < -0.39 is 5.97 Å². The first-order valence-electron chi connectivity index (χ1n) is 5.50. The number of carboxylic acids is 1. The van der Waals surface area contributed by atoms with E-state index in [9.17, 15) is 4.79 Å². The van der Waals surface area contributed by atoms with Gasteiger partial charge in [0, 0.05) is 0 Å². The number of carboxylic acid groups (broad SMARTS) is 1. The van der Waals surface area contributed by atoms with Crippen LogP contribution in [0, 0.1) is 17.8 Å². The Labute approximate surface area is 79.3 Å². The van der Waals surface area contributed by atoms with Gasteiger partial charge in [-0.2, -0.15) is 0 Å². The van der Waals surface area contributed by atoms with Gasteiger partial charge >= 0.3 is 5.97 Å². The second-order valence-electron chi connectivity index (χ2n) is 4.65. The van der Waals surface area contributed by atoms with E-state index in [0.717, 1.165) is 24.7 Å². The van der Waals surface area contributed by atoms with Crippen LogP contribution in [0.2, 0.25) is 0 Å². The Hall–Kier alpha value is -0.530. The molecule has 0 amide bonds. The Bertz CT molecular complexity index is 200. The van der Waals surface area contributed by atoms with Gasteiger partial charge in [0.05, 0.1) is 5.92 Å². The molecule has 0 saturated heterocycles. The van der Waals surface area contributed by atoms with Crippen molar-refractivity contribution in [2.45, 2.75) is 44.9 Å². The molecule has 2 nitrogen and oxygen atoms in total. The molecule has 0 aliphatic heterocycles. The summed E-state index contributed by atoms with van der Waals surface area (Å²) in [7, 11) is 0. The summed E-state index contributed by atoms with van der Waals surface area (Å²) >= 11 is 0. The average molecular weight is 182 g/mol. The molecule has 2 rings (SSSR count). The zero-order chi connectivity index (χ0) is 9.26. The highest BCUT2D eigenvalue weighted by atomic mass is 16.4. The normalized spacial score (nSPS) is 39.5. The van der Waals surface area contributed by atoms with Crippen molar-refractivity contribution in [1.82, 2.24) is 0 Å². The molecule has 74 valence electrons. The topological polar surface area (TPSA) is 37.3 Å². The Morgan fingerprint density at radius 2 is 1.69 bits per heavy atom. The van der Waals surface area contributed by atoms with Crippen LogP contribution in [0.3, 0.4) is 0 Å². The summed E-state index contributed by atoms with van der Waals surface area (Å²) in [5.74, 6) is 1.01. The first-order valence-corrected chi connectivity index (χ1v) is 5.50. The molecule has 2 saturated carbocycles. The summed E-state index contributed by atoms with van der Waals surface area (Å²) in [6.45, 7) is 0. The van der Waals surface area contributed by atoms with Crippen LogP contribution in [0.25, 0.3) is 0 Å². The molecular weight excluding hydrogens is 164 g/mol. The summed E-state index contributed by atoms with van der Waals surface area (Å²) in [5.41, 5.74) is 0. The number of aliphatic carboxylic acids is 1. The highest BCUT2D eigenvalue weighted by Gasteiger charge is 2.34. The summed E-state index contributed by atoms with van der Waals surface area (Å²) in [6, 6.07) is 0. The molecule has 0 aromatic carbocycles. The fourth-order valence-corrected chi connectivity index (χ4v) is 3.10.